The van der Waals surface area contributed by atoms with Gasteiger partial charge in [0.1, 0.15) is 17.0 Å². The first-order chi connectivity index (χ1) is 20.0. The van der Waals surface area contributed by atoms with Gasteiger partial charge in [-0.05, 0) is 74.7 Å². The number of piperazine rings is 1. The van der Waals surface area contributed by atoms with Crippen molar-refractivity contribution in [3.63, 3.8) is 0 Å². The predicted molar refractivity (Wildman–Crippen MR) is 160 cm³/mol. The molecule has 204 valence electrons. The maximum atomic E-state index is 16.7. The zero-order valence-corrected chi connectivity index (χ0v) is 22.8. The van der Waals surface area contributed by atoms with Gasteiger partial charge in [0.2, 0.25) is 5.82 Å². The van der Waals surface area contributed by atoms with E-state index in [-0.39, 0.29) is 16.7 Å². The number of nitrogens with two attached hydrogens (primary N) is 1. The molecule has 8 heteroatoms. The number of nitrogens with one attached hydrogen (secondary N) is 1. The van der Waals surface area contributed by atoms with Crippen LogP contribution in [-0.4, -0.2) is 63.7 Å². The molecule has 2 bridgehead atoms. The summed E-state index contributed by atoms with van der Waals surface area (Å²) in [5.41, 5.74) is 8.27. The molecule has 4 aliphatic heterocycles. The summed E-state index contributed by atoms with van der Waals surface area (Å²) in [6, 6.07) is 9.94. The van der Waals surface area contributed by atoms with E-state index in [2.05, 4.69) is 37.9 Å². The molecule has 2 aromatic heterocycles. The lowest BCUT2D eigenvalue weighted by molar-refractivity contribution is 0.261. The van der Waals surface area contributed by atoms with Crippen LogP contribution in [0.2, 0.25) is 0 Å². The van der Waals surface area contributed by atoms with Crippen molar-refractivity contribution in [1.82, 2.24) is 25.2 Å². The summed E-state index contributed by atoms with van der Waals surface area (Å²) in [7, 11) is 0. The van der Waals surface area contributed by atoms with E-state index in [9.17, 15) is 0 Å². The predicted octanol–water partition coefficient (Wildman–Crippen LogP) is 4.08. The molecule has 8 rings (SSSR count). The molecule has 0 saturated carbocycles. The van der Waals surface area contributed by atoms with Crippen LogP contribution in [0, 0.1) is 30.0 Å². The van der Waals surface area contributed by atoms with Gasteiger partial charge in [-0.2, -0.15) is 0 Å². The van der Waals surface area contributed by atoms with Crippen LogP contribution in [0.3, 0.4) is 0 Å². The first kappa shape index (κ1) is 24.5. The Labute approximate surface area is 238 Å². The maximum absolute atomic E-state index is 16.7. The first-order valence-corrected chi connectivity index (χ1v) is 14.5. The fourth-order valence-electron chi connectivity index (χ4n) is 7.56. The van der Waals surface area contributed by atoms with Crippen molar-refractivity contribution in [1.29, 1.82) is 0 Å². The van der Waals surface area contributed by atoms with Crippen molar-refractivity contribution in [2.24, 2.45) is 0 Å². The fourth-order valence-corrected chi connectivity index (χ4v) is 7.56. The van der Waals surface area contributed by atoms with E-state index >= 15 is 4.39 Å². The van der Waals surface area contributed by atoms with Crippen LogP contribution in [-0.2, 0) is 0 Å². The van der Waals surface area contributed by atoms with Gasteiger partial charge in [0.25, 0.3) is 0 Å². The molecule has 4 fully saturated rings. The number of pyridine rings is 1. The molecule has 7 nitrogen and oxygen atoms in total. The Hall–Kier alpha value is -4.24. The Kier molecular flexibility index (Phi) is 5.47. The molecule has 41 heavy (non-hydrogen) atoms. The molecule has 4 aromatic rings. The lowest BCUT2D eigenvalue weighted by Crippen LogP contribution is -2.44. The summed E-state index contributed by atoms with van der Waals surface area (Å²) in [6.07, 6.45) is 13.0. The van der Waals surface area contributed by atoms with Crippen LogP contribution in [0.1, 0.15) is 43.5 Å². The number of benzene rings is 2. The van der Waals surface area contributed by atoms with Gasteiger partial charge in [-0.3, -0.25) is 9.88 Å². The molecular formula is C33H30FN7. The number of nitrogens with zero attached hydrogens (tertiary/aromatic N) is 5. The second-order valence-electron chi connectivity index (χ2n) is 11.8. The second kappa shape index (κ2) is 9.14. The van der Waals surface area contributed by atoms with Crippen LogP contribution < -0.4 is 16.0 Å². The Balaban J connectivity index is 1.34. The Morgan fingerprint density at radius 3 is 2.76 bits per heavy atom. The van der Waals surface area contributed by atoms with Crippen LogP contribution in [0.15, 0.2) is 36.5 Å². The zero-order valence-electron chi connectivity index (χ0n) is 22.8. The van der Waals surface area contributed by atoms with Gasteiger partial charge >= 0.3 is 0 Å². The van der Waals surface area contributed by atoms with Gasteiger partial charge in [-0.1, -0.05) is 24.0 Å². The molecule has 6 heterocycles. The van der Waals surface area contributed by atoms with Gasteiger partial charge in [0, 0.05) is 53.6 Å². The zero-order chi connectivity index (χ0) is 27.7. The molecule has 0 aliphatic carbocycles. The maximum Gasteiger partial charge on any atom is 0.207 e. The SMILES string of the molecule is C#Cc1cccc2cc(N)cc(-c3ncc4c(N5C[C@H]6C[C@@H]5CN6)nc(C#CC56CCCN5CCC6)nc4c3F)c12. The van der Waals surface area contributed by atoms with Crippen molar-refractivity contribution in [3.8, 4) is 35.4 Å². The quantitative estimate of drug-likeness (QED) is 0.291. The van der Waals surface area contributed by atoms with E-state index in [0.29, 0.717) is 45.9 Å². The second-order valence-corrected chi connectivity index (χ2v) is 11.8. The van der Waals surface area contributed by atoms with E-state index < -0.39 is 5.82 Å². The molecule has 0 amide bonds. The molecule has 4 aliphatic rings. The fraction of sp³-hybridized carbons (Fsp3) is 0.364. The minimum absolute atomic E-state index is 0.108. The largest absolute Gasteiger partial charge is 0.399 e. The van der Waals surface area contributed by atoms with Gasteiger partial charge in [0.15, 0.2) is 5.82 Å². The summed E-state index contributed by atoms with van der Waals surface area (Å²) in [6.45, 7) is 3.86. The van der Waals surface area contributed by atoms with E-state index in [0.717, 1.165) is 69.1 Å². The normalized spacial score (nSPS) is 22.7. The molecule has 0 spiro atoms. The lowest BCUT2D eigenvalue weighted by Gasteiger charge is -2.29. The smallest absolute Gasteiger partial charge is 0.207 e. The van der Waals surface area contributed by atoms with Crippen molar-refractivity contribution in [2.45, 2.75) is 49.7 Å². The average Bonchev–Trinajstić information content (AvgIpc) is 3.77. The van der Waals surface area contributed by atoms with Crippen molar-refractivity contribution in [2.75, 3.05) is 36.8 Å². The van der Waals surface area contributed by atoms with E-state index in [1.807, 2.05) is 24.3 Å². The Bertz CT molecular complexity index is 1840. The number of anilines is 2. The highest BCUT2D eigenvalue weighted by molar-refractivity contribution is 6.03. The standard InChI is InChI=1S/C33H30FN7/c1-2-20-6-3-7-21-14-22(35)15-25(28(20)21)30-29(34)31-26(18-37-30)32(41-19-23-16-24(41)17-36-23)39-27(38-31)8-11-33-9-4-12-40(33)13-5-10-33/h1,3,6-7,14-15,18,23-24,36H,4-5,9-10,12-13,16-17,19,35H2/t23-,24-/m1/s1. The molecule has 0 radical (unpaired) electrons. The number of terminal acetylenes is 1. The van der Waals surface area contributed by atoms with Gasteiger partial charge in [-0.15, -0.1) is 6.42 Å². The highest BCUT2D eigenvalue weighted by Gasteiger charge is 2.43. The van der Waals surface area contributed by atoms with Crippen LogP contribution in [0.25, 0.3) is 32.9 Å². The van der Waals surface area contributed by atoms with Gasteiger partial charge < -0.3 is 16.0 Å². The number of rotatable bonds is 2. The molecule has 0 unspecified atom stereocenters. The van der Waals surface area contributed by atoms with Crippen LogP contribution in [0.4, 0.5) is 15.9 Å². The van der Waals surface area contributed by atoms with E-state index in [1.165, 1.54) is 0 Å². The number of fused-ring (bicyclic) bond motifs is 5. The van der Waals surface area contributed by atoms with E-state index in [4.69, 9.17) is 22.1 Å². The third kappa shape index (κ3) is 3.79. The first-order valence-electron chi connectivity index (χ1n) is 14.5. The topological polar surface area (TPSA) is 83.2 Å². The Morgan fingerprint density at radius 1 is 1.15 bits per heavy atom. The number of hydrogen-bond acceptors (Lipinski definition) is 7. The van der Waals surface area contributed by atoms with Crippen LogP contribution in [0.5, 0.6) is 0 Å². The minimum Gasteiger partial charge on any atom is -0.399 e. The molecule has 2 atom stereocenters. The summed E-state index contributed by atoms with van der Waals surface area (Å²) in [5, 5.41) is 5.72. The minimum atomic E-state index is -0.517. The highest BCUT2D eigenvalue weighted by Crippen LogP contribution is 2.40. The lowest BCUT2D eigenvalue weighted by atomic mass is 9.95. The molecular weight excluding hydrogens is 513 g/mol. The summed E-state index contributed by atoms with van der Waals surface area (Å²) in [5.74, 6) is 10.1. The van der Waals surface area contributed by atoms with Gasteiger partial charge in [0.05, 0.1) is 10.9 Å². The van der Waals surface area contributed by atoms with E-state index in [1.54, 1.807) is 12.3 Å². The number of halogens is 1. The third-order valence-electron chi connectivity index (χ3n) is 9.45. The molecule has 4 saturated heterocycles. The van der Waals surface area contributed by atoms with Crippen LogP contribution >= 0.6 is 0 Å². The summed E-state index contributed by atoms with van der Waals surface area (Å²) in [4.78, 5) is 19.1. The average molecular weight is 544 g/mol. The number of hydrogen-bond donors (Lipinski definition) is 2. The van der Waals surface area contributed by atoms with Gasteiger partial charge in [-0.25, -0.2) is 14.4 Å². The highest BCUT2D eigenvalue weighted by atomic mass is 19.1. The van der Waals surface area contributed by atoms with Crippen molar-refractivity contribution < 1.29 is 4.39 Å². The number of nitrogen functional groups attached to an aromatic ring is 1. The Morgan fingerprint density at radius 2 is 2.00 bits per heavy atom. The van der Waals surface area contributed by atoms with Crippen molar-refractivity contribution in [3.05, 3.63) is 53.7 Å². The summed E-state index contributed by atoms with van der Waals surface area (Å²) >= 11 is 0. The monoisotopic (exact) mass is 543 g/mol. The number of aromatic nitrogens is 3. The molecule has 3 N–H and O–H groups in total. The third-order valence-corrected chi connectivity index (χ3v) is 9.45. The summed E-state index contributed by atoms with van der Waals surface area (Å²) < 4.78 is 16.7. The van der Waals surface area contributed by atoms with Crippen molar-refractivity contribution >= 4 is 33.2 Å². The molecule has 2 aromatic carbocycles.